The summed E-state index contributed by atoms with van der Waals surface area (Å²) < 4.78 is 0. The molecule has 0 saturated carbocycles. The van der Waals surface area contributed by atoms with Crippen LogP contribution >= 0.6 is 0 Å². The fourth-order valence-corrected chi connectivity index (χ4v) is 2.08. The van der Waals surface area contributed by atoms with Gasteiger partial charge in [-0.2, -0.15) is 0 Å². The van der Waals surface area contributed by atoms with Crippen molar-refractivity contribution in [1.29, 1.82) is 0 Å². The van der Waals surface area contributed by atoms with Crippen LogP contribution in [0.1, 0.15) is 31.7 Å². The van der Waals surface area contributed by atoms with Gasteiger partial charge in [-0.3, -0.25) is 4.79 Å². The lowest BCUT2D eigenvalue weighted by molar-refractivity contribution is -0.117. The molecule has 0 spiro atoms. The number of amides is 1. The summed E-state index contributed by atoms with van der Waals surface area (Å²) in [5.41, 5.74) is 8.33. The molecule has 0 aliphatic carbocycles. The molecule has 0 saturated heterocycles. The molecule has 3 nitrogen and oxygen atoms in total. The Morgan fingerprint density at radius 2 is 2.20 bits per heavy atom. The molecule has 0 radical (unpaired) electrons. The molecule has 3 N–H and O–H groups in total. The summed E-state index contributed by atoms with van der Waals surface area (Å²) >= 11 is 0. The number of carbonyl (C=O) groups is 1. The first-order chi connectivity index (χ1) is 7.09. The summed E-state index contributed by atoms with van der Waals surface area (Å²) in [6, 6.07) is 5.70. The lowest BCUT2D eigenvalue weighted by Crippen LogP contribution is -2.13. The molecule has 0 aromatic heterocycles. The van der Waals surface area contributed by atoms with Crippen LogP contribution in [0.5, 0.6) is 0 Å². The van der Waals surface area contributed by atoms with Gasteiger partial charge in [-0.15, -0.1) is 0 Å². The van der Waals surface area contributed by atoms with Gasteiger partial charge in [0.1, 0.15) is 0 Å². The Balaban J connectivity index is 2.37. The Morgan fingerprint density at radius 3 is 2.87 bits per heavy atom. The molecule has 1 aliphatic heterocycles. The standard InChI is InChI=1S/C12H16N2O/c1-7(2)6-9-8-4-3-5-10(13)11(8)14-12(9)15/h3-5,7,9H,6,13H2,1-2H3,(H,14,15). The molecule has 2 rings (SSSR count). The van der Waals surface area contributed by atoms with Crippen molar-refractivity contribution in [2.45, 2.75) is 26.2 Å². The average Bonchev–Trinajstić information content (AvgIpc) is 2.45. The normalized spacial score (nSPS) is 19.1. The Labute approximate surface area is 89.7 Å². The third-order valence-corrected chi connectivity index (χ3v) is 2.78. The SMILES string of the molecule is CC(C)CC1C(=O)Nc2c(N)cccc21. The Morgan fingerprint density at radius 1 is 1.47 bits per heavy atom. The minimum Gasteiger partial charge on any atom is -0.397 e. The zero-order valence-corrected chi connectivity index (χ0v) is 9.08. The summed E-state index contributed by atoms with van der Waals surface area (Å²) in [6.07, 6.45) is 0.877. The first-order valence-electron chi connectivity index (χ1n) is 5.29. The molecule has 15 heavy (non-hydrogen) atoms. The highest BCUT2D eigenvalue weighted by Crippen LogP contribution is 2.39. The van der Waals surface area contributed by atoms with Crippen LogP contribution in [0.15, 0.2) is 18.2 Å². The number of benzene rings is 1. The molecular weight excluding hydrogens is 188 g/mol. The van der Waals surface area contributed by atoms with E-state index in [1.165, 1.54) is 0 Å². The van der Waals surface area contributed by atoms with Crippen molar-refractivity contribution in [2.75, 3.05) is 11.1 Å². The van der Waals surface area contributed by atoms with Crippen molar-refractivity contribution in [2.24, 2.45) is 5.92 Å². The van der Waals surface area contributed by atoms with E-state index in [0.717, 1.165) is 17.7 Å². The van der Waals surface area contributed by atoms with Crippen LogP contribution in [0.25, 0.3) is 0 Å². The van der Waals surface area contributed by atoms with Gasteiger partial charge in [-0.1, -0.05) is 26.0 Å². The number of rotatable bonds is 2. The maximum absolute atomic E-state index is 11.8. The fraction of sp³-hybridized carbons (Fsp3) is 0.417. The van der Waals surface area contributed by atoms with E-state index in [9.17, 15) is 4.79 Å². The van der Waals surface area contributed by atoms with Crippen molar-refractivity contribution >= 4 is 17.3 Å². The largest absolute Gasteiger partial charge is 0.397 e. The third kappa shape index (κ3) is 1.69. The number of anilines is 2. The minimum absolute atomic E-state index is 0.0245. The highest BCUT2D eigenvalue weighted by atomic mass is 16.2. The zero-order valence-electron chi connectivity index (χ0n) is 9.08. The summed E-state index contributed by atoms with van der Waals surface area (Å²) in [5.74, 6) is 0.563. The van der Waals surface area contributed by atoms with Gasteiger partial charge in [0.05, 0.1) is 17.3 Å². The molecule has 1 aromatic rings. The molecule has 1 unspecified atom stereocenters. The van der Waals surface area contributed by atoms with E-state index in [1.807, 2.05) is 18.2 Å². The van der Waals surface area contributed by atoms with Crippen LogP contribution in [0.2, 0.25) is 0 Å². The van der Waals surface area contributed by atoms with Crippen molar-refractivity contribution in [3.05, 3.63) is 23.8 Å². The fourth-order valence-electron chi connectivity index (χ4n) is 2.08. The molecule has 1 amide bonds. The van der Waals surface area contributed by atoms with Crippen molar-refractivity contribution < 1.29 is 4.79 Å². The van der Waals surface area contributed by atoms with Gasteiger partial charge in [0, 0.05) is 0 Å². The quantitative estimate of drug-likeness (QED) is 0.726. The van der Waals surface area contributed by atoms with Gasteiger partial charge in [0.2, 0.25) is 5.91 Å². The zero-order chi connectivity index (χ0) is 11.0. The van der Waals surface area contributed by atoms with E-state index in [1.54, 1.807) is 0 Å². The number of nitrogen functional groups attached to an aromatic ring is 1. The van der Waals surface area contributed by atoms with E-state index in [0.29, 0.717) is 11.6 Å². The van der Waals surface area contributed by atoms with Gasteiger partial charge >= 0.3 is 0 Å². The van der Waals surface area contributed by atoms with Gasteiger partial charge in [0.15, 0.2) is 0 Å². The number of hydrogen-bond donors (Lipinski definition) is 2. The topological polar surface area (TPSA) is 55.1 Å². The maximum Gasteiger partial charge on any atom is 0.232 e. The molecule has 0 fully saturated rings. The number of nitrogens with one attached hydrogen (secondary N) is 1. The lowest BCUT2D eigenvalue weighted by atomic mass is 9.91. The number of para-hydroxylation sites is 1. The smallest absolute Gasteiger partial charge is 0.232 e. The molecule has 80 valence electrons. The van der Waals surface area contributed by atoms with Crippen molar-refractivity contribution in [3.8, 4) is 0 Å². The number of carbonyl (C=O) groups excluding carboxylic acids is 1. The Kier molecular flexibility index (Phi) is 2.39. The Hall–Kier alpha value is -1.51. The minimum atomic E-state index is -0.0245. The van der Waals surface area contributed by atoms with Crippen LogP contribution in [0.3, 0.4) is 0 Å². The number of nitrogens with two attached hydrogens (primary N) is 1. The van der Waals surface area contributed by atoms with Gasteiger partial charge < -0.3 is 11.1 Å². The van der Waals surface area contributed by atoms with Crippen LogP contribution < -0.4 is 11.1 Å². The second-order valence-electron chi connectivity index (χ2n) is 4.48. The van der Waals surface area contributed by atoms with Crippen LogP contribution in [-0.2, 0) is 4.79 Å². The monoisotopic (exact) mass is 204 g/mol. The summed E-state index contributed by atoms with van der Waals surface area (Å²) in [4.78, 5) is 11.8. The number of fused-ring (bicyclic) bond motifs is 1. The third-order valence-electron chi connectivity index (χ3n) is 2.78. The van der Waals surface area contributed by atoms with Gasteiger partial charge in [-0.25, -0.2) is 0 Å². The van der Waals surface area contributed by atoms with E-state index in [4.69, 9.17) is 5.73 Å². The second kappa shape index (κ2) is 3.57. The molecular formula is C12H16N2O. The summed E-state index contributed by atoms with van der Waals surface area (Å²) in [7, 11) is 0. The predicted molar refractivity (Wildman–Crippen MR) is 61.7 cm³/mol. The van der Waals surface area contributed by atoms with Crippen LogP contribution in [0, 0.1) is 5.92 Å². The molecule has 0 bridgehead atoms. The lowest BCUT2D eigenvalue weighted by Gasteiger charge is -2.11. The molecule has 3 heteroatoms. The molecule has 1 heterocycles. The summed E-state index contributed by atoms with van der Waals surface area (Å²) in [5, 5.41) is 2.86. The van der Waals surface area contributed by atoms with Crippen molar-refractivity contribution in [1.82, 2.24) is 0 Å². The highest BCUT2D eigenvalue weighted by Gasteiger charge is 2.31. The highest BCUT2D eigenvalue weighted by molar-refractivity contribution is 6.05. The van der Waals surface area contributed by atoms with E-state index >= 15 is 0 Å². The summed E-state index contributed by atoms with van der Waals surface area (Å²) in [6.45, 7) is 4.25. The molecule has 1 atom stereocenters. The van der Waals surface area contributed by atoms with Crippen LogP contribution in [-0.4, -0.2) is 5.91 Å². The second-order valence-corrected chi connectivity index (χ2v) is 4.48. The van der Waals surface area contributed by atoms with Crippen molar-refractivity contribution in [3.63, 3.8) is 0 Å². The Bertz CT molecular complexity index is 399. The van der Waals surface area contributed by atoms with E-state index in [-0.39, 0.29) is 11.8 Å². The number of hydrogen-bond acceptors (Lipinski definition) is 2. The average molecular weight is 204 g/mol. The predicted octanol–water partition coefficient (Wildman–Crippen LogP) is 2.35. The van der Waals surface area contributed by atoms with E-state index < -0.39 is 0 Å². The van der Waals surface area contributed by atoms with E-state index in [2.05, 4.69) is 19.2 Å². The molecule has 1 aromatic carbocycles. The maximum atomic E-state index is 11.8. The van der Waals surface area contributed by atoms with Gasteiger partial charge in [0.25, 0.3) is 0 Å². The first-order valence-corrected chi connectivity index (χ1v) is 5.29. The van der Waals surface area contributed by atoms with Crippen LogP contribution in [0.4, 0.5) is 11.4 Å². The van der Waals surface area contributed by atoms with Gasteiger partial charge in [-0.05, 0) is 24.0 Å². The molecule has 1 aliphatic rings. The first kappa shape index (κ1) is 10.0.